The Balaban J connectivity index is 1.27. The number of nitriles is 1. The summed E-state index contributed by atoms with van der Waals surface area (Å²) in [6.45, 7) is 3.40. The third-order valence-electron chi connectivity index (χ3n) is 7.30. The summed E-state index contributed by atoms with van der Waals surface area (Å²) in [6.07, 6.45) is 11.0. The molecule has 38 heavy (non-hydrogen) atoms. The first-order valence-corrected chi connectivity index (χ1v) is 15.5. The van der Waals surface area contributed by atoms with Gasteiger partial charge in [0.1, 0.15) is 17.5 Å². The van der Waals surface area contributed by atoms with Gasteiger partial charge in [-0.05, 0) is 84.9 Å². The number of aromatic nitrogens is 3. The zero-order valence-corrected chi connectivity index (χ0v) is 22.6. The van der Waals surface area contributed by atoms with Crippen LogP contribution in [-0.4, -0.2) is 49.7 Å². The third-order valence-corrected chi connectivity index (χ3v) is 7.93. The molecular formula is C28H32N8OS. The van der Waals surface area contributed by atoms with Gasteiger partial charge in [-0.1, -0.05) is 6.07 Å². The molecule has 2 N–H and O–H groups in total. The van der Waals surface area contributed by atoms with Crippen LogP contribution in [0.25, 0.3) is 0 Å². The lowest BCUT2D eigenvalue weighted by Crippen LogP contribution is -2.36. The molecule has 196 valence electrons. The van der Waals surface area contributed by atoms with Crippen LogP contribution in [0.4, 0.5) is 29.1 Å². The number of rotatable bonds is 7. The molecule has 0 spiro atoms. The van der Waals surface area contributed by atoms with Gasteiger partial charge in [-0.3, -0.25) is 4.90 Å². The Morgan fingerprint density at radius 1 is 1.16 bits per heavy atom. The highest BCUT2D eigenvalue weighted by molar-refractivity contribution is 7.92. The Bertz CT molecular complexity index is 1540. The van der Waals surface area contributed by atoms with E-state index in [4.69, 9.17) is 0 Å². The van der Waals surface area contributed by atoms with Crippen molar-refractivity contribution in [1.29, 1.82) is 5.26 Å². The van der Waals surface area contributed by atoms with Crippen LogP contribution in [0.5, 0.6) is 0 Å². The number of nitrogens with one attached hydrogen (secondary N) is 2. The highest BCUT2D eigenvalue weighted by Gasteiger charge is 2.33. The van der Waals surface area contributed by atoms with Gasteiger partial charge in [-0.25, -0.2) is 14.2 Å². The molecule has 3 aliphatic rings. The van der Waals surface area contributed by atoms with Crippen LogP contribution in [0.15, 0.2) is 40.9 Å². The Kier molecular flexibility index (Phi) is 6.50. The summed E-state index contributed by atoms with van der Waals surface area (Å²) in [7, 11) is -2.35. The fraction of sp³-hybridized carbons (Fsp3) is 0.429. The molecule has 1 fully saturated rings. The topological polar surface area (TPSA) is 119 Å². The van der Waals surface area contributed by atoms with Gasteiger partial charge < -0.3 is 10.6 Å². The quantitative estimate of drug-likeness (QED) is 0.428. The summed E-state index contributed by atoms with van der Waals surface area (Å²) in [5.41, 5.74) is 5.70. The molecule has 9 nitrogen and oxygen atoms in total. The number of hydrogen-bond donors (Lipinski definition) is 2. The number of pyridine rings is 1. The van der Waals surface area contributed by atoms with Crippen LogP contribution in [0.1, 0.15) is 53.9 Å². The predicted octanol–water partition coefficient (Wildman–Crippen LogP) is 5.24. The van der Waals surface area contributed by atoms with Crippen molar-refractivity contribution < 1.29 is 4.21 Å². The highest BCUT2D eigenvalue weighted by atomic mass is 32.2. The summed E-state index contributed by atoms with van der Waals surface area (Å²) < 4.78 is 16.2. The number of anilines is 4. The van der Waals surface area contributed by atoms with E-state index in [1.54, 1.807) is 36.3 Å². The first-order valence-electron chi connectivity index (χ1n) is 13.2. The Hall–Kier alpha value is -3.55. The molecule has 3 aromatic rings. The molecule has 1 aromatic carbocycles. The van der Waals surface area contributed by atoms with Gasteiger partial charge in [0.25, 0.3) is 0 Å². The van der Waals surface area contributed by atoms with Crippen molar-refractivity contribution in [3.05, 3.63) is 58.8 Å². The van der Waals surface area contributed by atoms with Gasteiger partial charge in [0, 0.05) is 47.6 Å². The second-order valence-corrected chi connectivity index (χ2v) is 13.5. The number of hydrogen-bond acceptors (Lipinski definition) is 9. The van der Waals surface area contributed by atoms with Crippen molar-refractivity contribution in [3.63, 3.8) is 0 Å². The van der Waals surface area contributed by atoms with Crippen LogP contribution in [-0.2, 0) is 22.7 Å². The van der Waals surface area contributed by atoms with Crippen molar-refractivity contribution >= 4 is 38.8 Å². The SMILES string of the molecule is CS(C)(=O)=Nc1cccc(Nc2nc(Nc3cc4c5c(c3)CN(CC3CC3)CC5CCC4)ncc2C#N)n1. The van der Waals surface area contributed by atoms with Crippen molar-refractivity contribution in [1.82, 2.24) is 19.9 Å². The van der Waals surface area contributed by atoms with E-state index in [1.165, 1.54) is 56.1 Å². The van der Waals surface area contributed by atoms with E-state index < -0.39 is 9.73 Å². The summed E-state index contributed by atoms with van der Waals surface area (Å²) in [5, 5.41) is 16.1. The van der Waals surface area contributed by atoms with E-state index in [1.807, 2.05) is 0 Å². The Labute approximate surface area is 223 Å². The summed E-state index contributed by atoms with van der Waals surface area (Å²) in [4.78, 5) is 16.1. The fourth-order valence-electron chi connectivity index (χ4n) is 5.64. The van der Waals surface area contributed by atoms with Crippen molar-refractivity contribution in [2.45, 2.75) is 44.6 Å². The van der Waals surface area contributed by atoms with Gasteiger partial charge >= 0.3 is 0 Å². The van der Waals surface area contributed by atoms with Crippen LogP contribution >= 0.6 is 0 Å². The molecule has 1 aliphatic heterocycles. The van der Waals surface area contributed by atoms with E-state index in [-0.39, 0.29) is 0 Å². The summed E-state index contributed by atoms with van der Waals surface area (Å²) in [6, 6.07) is 11.8. The van der Waals surface area contributed by atoms with Gasteiger partial charge in [0.2, 0.25) is 5.95 Å². The second-order valence-electron chi connectivity index (χ2n) is 10.9. The van der Waals surface area contributed by atoms with Crippen molar-refractivity contribution in [3.8, 4) is 6.07 Å². The maximum absolute atomic E-state index is 12.1. The van der Waals surface area contributed by atoms with Crippen molar-refractivity contribution in [2.75, 3.05) is 36.2 Å². The van der Waals surface area contributed by atoms with Gasteiger partial charge in [-0.2, -0.15) is 14.6 Å². The predicted molar refractivity (Wildman–Crippen MR) is 150 cm³/mol. The highest BCUT2D eigenvalue weighted by Crippen LogP contribution is 2.42. The first kappa shape index (κ1) is 24.8. The molecular weight excluding hydrogens is 496 g/mol. The number of aryl methyl sites for hydroxylation is 1. The average molecular weight is 529 g/mol. The smallest absolute Gasteiger partial charge is 0.229 e. The van der Waals surface area contributed by atoms with E-state index in [0.717, 1.165) is 24.6 Å². The van der Waals surface area contributed by atoms with Crippen LogP contribution in [0.3, 0.4) is 0 Å². The van der Waals surface area contributed by atoms with Crippen LogP contribution < -0.4 is 10.6 Å². The van der Waals surface area contributed by atoms with Gasteiger partial charge in [0.05, 0.1) is 6.20 Å². The minimum Gasteiger partial charge on any atom is -0.324 e. The summed E-state index contributed by atoms with van der Waals surface area (Å²) >= 11 is 0. The van der Waals surface area contributed by atoms with Crippen LogP contribution in [0.2, 0.25) is 0 Å². The van der Waals surface area contributed by atoms with E-state index in [0.29, 0.717) is 34.9 Å². The fourth-order valence-corrected chi connectivity index (χ4v) is 6.19. The average Bonchev–Trinajstić information content (AvgIpc) is 3.67. The molecule has 1 unspecified atom stereocenters. The van der Waals surface area contributed by atoms with Gasteiger partial charge in [0.15, 0.2) is 11.6 Å². The lowest BCUT2D eigenvalue weighted by molar-refractivity contribution is 0.211. The molecule has 0 saturated heterocycles. The molecule has 10 heteroatoms. The zero-order valence-electron chi connectivity index (χ0n) is 21.8. The second kappa shape index (κ2) is 9.97. The summed E-state index contributed by atoms with van der Waals surface area (Å²) in [5.74, 6) is 3.09. The van der Waals surface area contributed by atoms with Crippen LogP contribution in [0, 0.1) is 17.2 Å². The number of benzene rings is 1. The molecule has 1 atom stereocenters. The molecule has 1 saturated carbocycles. The lowest BCUT2D eigenvalue weighted by Gasteiger charge is -2.39. The molecule has 0 radical (unpaired) electrons. The lowest BCUT2D eigenvalue weighted by atomic mass is 9.77. The largest absolute Gasteiger partial charge is 0.324 e. The molecule has 6 rings (SSSR count). The molecule has 0 bridgehead atoms. The molecule has 0 amide bonds. The standard InChI is InChI=1S/C28H32N8OS/c1-38(2,37)35-25-8-4-7-24(32-25)33-27-22(13-29)14-30-28(34-27)31-23-11-19-5-3-6-20-16-36(15-18-9-10-18)17-21(12-23)26(19)20/h4,7-8,11-12,14,18,20H,3,5-6,9-10,15-17H2,1-2H3,(H2,30,31,32,33,34). The minimum atomic E-state index is -2.35. The monoisotopic (exact) mass is 528 g/mol. The van der Waals surface area contributed by atoms with E-state index >= 15 is 0 Å². The molecule has 2 aliphatic carbocycles. The van der Waals surface area contributed by atoms with Crippen molar-refractivity contribution in [2.24, 2.45) is 10.3 Å². The van der Waals surface area contributed by atoms with E-state index in [9.17, 15) is 9.47 Å². The normalized spacial score (nSPS) is 18.8. The van der Waals surface area contributed by atoms with Gasteiger partial charge in [-0.15, -0.1) is 0 Å². The molecule has 2 aromatic heterocycles. The third kappa shape index (κ3) is 5.64. The zero-order chi connectivity index (χ0) is 26.3. The molecule has 3 heterocycles. The number of nitrogens with zero attached hydrogens (tertiary/aromatic N) is 6. The maximum Gasteiger partial charge on any atom is 0.229 e. The Morgan fingerprint density at radius 2 is 2.00 bits per heavy atom. The van der Waals surface area contributed by atoms with E-state index in [2.05, 4.69) is 53.1 Å². The first-order chi connectivity index (χ1) is 18.3. The Morgan fingerprint density at radius 3 is 2.79 bits per heavy atom. The minimum absolute atomic E-state index is 0.300. The maximum atomic E-state index is 12.1.